The third-order valence-electron chi connectivity index (χ3n) is 2.35. The first-order valence-electron chi connectivity index (χ1n) is 5.61. The maximum atomic E-state index is 12.4. The van der Waals surface area contributed by atoms with Crippen molar-refractivity contribution in [1.29, 1.82) is 0 Å². The van der Waals surface area contributed by atoms with E-state index in [1.807, 2.05) is 0 Å². The second kappa shape index (κ2) is 6.31. The van der Waals surface area contributed by atoms with Gasteiger partial charge in [0.25, 0.3) is 0 Å². The Bertz CT molecular complexity index is 434. The summed E-state index contributed by atoms with van der Waals surface area (Å²) in [6, 6.07) is 6.32. The fourth-order valence-electron chi connectivity index (χ4n) is 1.43. The highest BCUT2D eigenvalue weighted by molar-refractivity contribution is 5.71. The zero-order valence-electron chi connectivity index (χ0n) is 10.2. The van der Waals surface area contributed by atoms with Gasteiger partial charge in [0.2, 0.25) is 0 Å². The summed E-state index contributed by atoms with van der Waals surface area (Å²) in [5, 5.41) is 11.0. The van der Waals surface area contributed by atoms with E-state index >= 15 is 0 Å². The number of carbonyl (C=O) groups is 1. The predicted molar refractivity (Wildman–Crippen MR) is 63.3 cm³/mol. The first-order chi connectivity index (χ1) is 8.84. The Morgan fingerprint density at radius 3 is 2.68 bits per heavy atom. The van der Waals surface area contributed by atoms with Crippen molar-refractivity contribution in [2.75, 3.05) is 18.5 Å². The number of nitrogens with one attached hydrogen (secondary N) is 1. The minimum atomic E-state index is -4.78. The number of hydrogen-bond acceptors (Lipinski definition) is 3. The fourth-order valence-corrected chi connectivity index (χ4v) is 1.43. The molecule has 0 amide bonds. The minimum Gasteiger partial charge on any atom is -0.494 e. The molecule has 0 radical (unpaired) electrons. The summed E-state index contributed by atoms with van der Waals surface area (Å²) in [7, 11) is 0. The molecular weight excluding hydrogens is 263 g/mol. The Balaban J connectivity index is 2.69. The van der Waals surface area contributed by atoms with E-state index < -0.39 is 24.6 Å². The average Bonchev–Trinajstić information content (AvgIpc) is 2.27. The van der Waals surface area contributed by atoms with Crippen molar-refractivity contribution >= 4 is 11.7 Å². The van der Waals surface area contributed by atoms with Crippen LogP contribution in [0.15, 0.2) is 24.3 Å². The van der Waals surface area contributed by atoms with E-state index in [1.165, 1.54) is 12.1 Å². The van der Waals surface area contributed by atoms with Gasteiger partial charge in [0, 0.05) is 18.3 Å². The highest BCUT2D eigenvalue weighted by Gasteiger charge is 2.44. The maximum absolute atomic E-state index is 12.4. The van der Waals surface area contributed by atoms with Crippen molar-refractivity contribution < 1.29 is 27.8 Å². The number of benzene rings is 1. The third-order valence-corrected chi connectivity index (χ3v) is 2.35. The van der Waals surface area contributed by atoms with Gasteiger partial charge in [-0.15, -0.1) is 0 Å². The largest absolute Gasteiger partial charge is 0.494 e. The average molecular weight is 277 g/mol. The van der Waals surface area contributed by atoms with E-state index in [2.05, 4.69) is 5.32 Å². The van der Waals surface area contributed by atoms with Crippen molar-refractivity contribution in [3.63, 3.8) is 0 Å². The number of ether oxygens (including phenoxy) is 1. The summed E-state index contributed by atoms with van der Waals surface area (Å²) in [6.07, 6.45) is -4.78. The second-order valence-corrected chi connectivity index (χ2v) is 3.77. The van der Waals surface area contributed by atoms with E-state index in [4.69, 9.17) is 9.84 Å². The molecule has 1 unspecified atom stereocenters. The number of hydrogen-bond donors (Lipinski definition) is 2. The van der Waals surface area contributed by atoms with Crippen molar-refractivity contribution in [2.24, 2.45) is 5.92 Å². The summed E-state index contributed by atoms with van der Waals surface area (Å²) in [6.45, 7) is 1.49. The molecule has 7 heteroatoms. The molecule has 0 heterocycles. The summed E-state index contributed by atoms with van der Waals surface area (Å²) >= 11 is 0. The number of rotatable bonds is 6. The lowest BCUT2D eigenvalue weighted by atomic mass is 10.1. The van der Waals surface area contributed by atoms with Crippen LogP contribution in [0.25, 0.3) is 0 Å². The number of alkyl halides is 3. The molecule has 0 fully saturated rings. The van der Waals surface area contributed by atoms with Gasteiger partial charge in [-0.25, -0.2) is 0 Å². The third kappa shape index (κ3) is 4.69. The molecule has 1 rings (SSSR count). The molecule has 19 heavy (non-hydrogen) atoms. The van der Waals surface area contributed by atoms with E-state index in [0.717, 1.165) is 0 Å². The Morgan fingerprint density at radius 1 is 1.47 bits per heavy atom. The smallest absolute Gasteiger partial charge is 0.403 e. The highest BCUT2D eigenvalue weighted by Crippen LogP contribution is 2.27. The van der Waals surface area contributed by atoms with Crippen LogP contribution in [-0.2, 0) is 4.79 Å². The first-order valence-corrected chi connectivity index (χ1v) is 5.61. The van der Waals surface area contributed by atoms with Gasteiger partial charge in [-0.1, -0.05) is 6.07 Å². The van der Waals surface area contributed by atoms with Gasteiger partial charge in [0.15, 0.2) is 5.92 Å². The van der Waals surface area contributed by atoms with E-state index in [-0.39, 0.29) is 0 Å². The van der Waals surface area contributed by atoms with Gasteiger partial charge in [-0.05, 0) is 19.1 Å². The number of halogens is 3. The lowest BCUT2D eigenvalue weighted by Crippen LogP contribution is -2.36. The monoisotopic (exact) mass is 277 g/mol. The molecule has 0 saturated heterocycles. The van der Waals surface area contributed by atoms with Gasteiger partial charge in [-0.3, -0.25) is 4.79 Å². The molecule has 1 atom stereocenters. The Hall–Kier alpha value is -1.92. The number of aliphatic carboxylic acids is 1. The maximum Gasteiger partial charge on any atom is 0.403 e. The molecular formula is C12H14F3NO3. The molecule has 106 valence electrons. The Labute approximate surface area is 108 Å². The van der Waals surface area contributed by atoms with Gasteiger partial charge in [0.1, 0.15) is 5.75 Å². The molecule has 4 nitrogen and oxygen atoms in total. The van der Waals surface area contributed by atoms with Crippen molar-refractivity contribution in [2.45, 2.75) is 13.1 Å². The topological polar surface area (TPSA) is 58.6 Å². The molecule has 0 aliphatic carbocycles. The standard InChI is InChI=1S/C12H14F3NO3/c1-2-19-9-5-3-4-8(6-9)16-7-10(11(17)18)12(13,14)15/h3-6,10,16H,2,7H2,1H3,(H,17,18). The first kappa shape index (κ1) is 15.1. The Morgan fingerprint density at radius 2 is 2.16 bits per heavy atom. The van der Waals surface area contributed by atoms with Gasteiger partial charge in [-0.2, -0.15) is 13.2 Å². The van der Waals surface area contributed by atoms with Crippen LogP contribution in [0.1, 0.15) is 6.92 Å². The summed E-state index contributed by atoms with van der Waals surface area (Å²) in [4.78, 5) is 10.6. The lowest BCUT2D eigenvalue weighted by molar-refractivity contribution is -0.190. The van der Waals surface area contributed by atoms with Crippen LogP contribution in [0, 0.1) is 5.92 Å². The molecule has 0 saturated carbocycles. The van der Waals surface area contributed by atoms with Crippen LogP contribution in [0.3, 0.4) is 0 Å². The molecule has 2 N–H and O–H groups in total. The fraction of sp³-hybridized carbons (Fsp3) is 0.417. The van der Waals surface area contributed by atoms with E-state index in [9.17, 15) is 18.0 Å². The molecule has 0 aliphatic heterocycles. The second-order valence-electron chi connectivity index (χ2n) is 3.77. The molecule has 0 aromatic heterocycles. The minimum absolute atomic E-state index is 0.376. The number of carboxylic acids is 1. The van der Waals surface area contributed by atoms with Crippen molar-refractivity contribution in [1.82, 2.24) is 0 Å². The summed E-state index contributed by atoms with van der Waals surface area (Å²) < 4.78 is 42.5. The van der Waals surface area contributed by atoms with Crippen LogP contribution in [0.2, 0.25) is 0 Å². The molecule has 1 aromatic rings. The molecule has 0 spiro atoms. The zero-order chi connectivity index (χ0) is 14.5. The highest BCUT2D eigenvalue weighted by atomic mass is 19.4. The van der Waals surface area contributed by atoms with Gasteiger partial charge >= 0.3 is 12.1 Å². The summed E-state index contributed by atoms with van der Waals surface area (Å²) in [5.74, 6) is -3.84. The van der Waals surface area contributed by atoms with Gasteiger partial charge < -0.3 is 15.2 Å². The SMILES string of the molecule is CCOc1cccc(NCC(C(=O)O)C(F)(F)F)c1. The van der Waals surface area contributed by atoms with Crippen LogP contribution in [0.5, 0.6) is 5.75 Å². The van der Waals surface area contributed by atoms with Crippen LogP contribution in [-0.4, -0.2) is 30.4 Å². The van der Waals surface area contributed by atoms with Crippen LogP contribution >= 0.6 is 0 Å². The van der Waals surface area contributed by atoms with Crippen molar-refractivity contribution in [3.8, 4) is 5.75 Å². The lowest BCUT2D eigenvalue weighted by Gasteiger charge is -2.17. The van der Waals surface area contributed by atoms with E-state index in [0.29, 0.717) is 18.0 Å². The zero-order valence-corrected chi connectivity index (χ0v) is 10.2. The van der Waals surface area contributed by atoms with Crippen LogP contribution in [0.4, 0.5) is 18.9 Å². The normalized spacial score (nSPS) is 12.8. The number of anilines is 1. The molecule has 0 bridgehead atoms. The molecule has 1 aromatic carbocycles. The predicted octanol–water partition coefficient (Wildman–Crippen LogP) is 2.76. The summed E-state index contributed by atoms with van der Waals surface area (Å²) in [5.41, 5.74) is 0.376. The van der Waals surface area contributed by atoms with Crippen molar-refractivity contribution in [3.05, 3.63) is 24.3 Å². The number of carboxylic acid groups (broad SMARTS) is 1. The quantitative estimate of drug-likeness (QED) is 0.839. The van der Waals surface area contributed by atoms with Gasteiger partial charge in [0.05, 0.1) is 6.61 Å². The Kier molecular flexibility index (Phi) is 5.02. The van der Waals surface area contributed by atoms with E-state index in [1.54, 1.807) is 19.1 Å². The molecule has 0 aliphatic rings. The van der Waals surface area contributed by atoms with Crippen LogP contribution < -0.4 is 10.1 Å².